The monoisotopic (exact) mass is 318 g/mol. The quantitative estimate of drug-likeness (QED) is 0.820. The molecule has 5 nitrogen and oxygen atoms in total. The van der Waals surface area contributed by atoms with E-state index in [2.05, 4.69) is 10.6 Å². The molecule has 0 saturated carbocycles. The first-order valence-corrected chi connectivity index (χ1v) is 7.08. The number of anilines is 2. The van der Waals surface area contributed by atoms with Crippen molar-refractivity contribution in [2.75, 3.05) is 10.6 Å². The van der Waals surface area contributed by atoms with Crippen LogP contribution in [-0.4, -0.2) is 11.8 Å². The molecule has 2 amide bonds. The van der Waals surface area contributed by atoms with Gasteiger partial charge < -0.3 is 15.1 Å². The summed E-state index contributed by atoms with van der Waals surface area (Å²) in [5.74, 6) is 0.111. The van der Waals surface area contributed by atoms with Gasteiger partial charge in [-0.1, -0.05) is 18.5 Å². The Labute approximate surface area is 133 Å². The molecule has 2 aromatic rings. The van der Waals surface area contributed by atoms with E-state index >= 15 is 0 Å². The summed E-state index contributed by atoms with van der Waals surface area (Å²) in [6, 6.07) is 8.35. The Hall–Kier alpha value is -2.53. The van der Waals surface area contributed by atoms with Gasteiger partial charge in [0, 0.05) is 18.2 Å². The van der Waals surface area contributed by atoms with Crippen LogP contribution in [0.1, 0.15) is 19.1 Å². The third kappa shape index (κ3) is 4.49. The molecule has 2 rings (SSSR count). The van der Waals surface area contributed by atoms with Gasteiger partial charge in [-0.15, -0.1) is 0 Å². The van der Waals surface area contributed by atoms with Gasteiger partial charge in [0.15, 0.2) is 0 Å². The molecule has 0 aliphatic heterocycles. The molecule has 1 heterocycles. The summed E-state index contributed by atoms with van der Waals surface area (Å²) in [5.41, 5.74) is 0.992. The van der Waals surface area contributed by atoms with E-state index in [-0.39, 0.29) is 11.8 Å². The molecular weight excluding hydrogens is 304 g/mol. The Kier molecular flexibility index (Phi) is 5.38. The summed E-state index contributed by atoms with van der Waals surface area (Å²) in [4.78, 5) is 23.2. The maximum absolute atomic E-state index is 11.9. The number of furan rings is 1. The maximum Gasteiger partial charge on any atom is 0.248 e. The largest absolute Gasteiger partial charge is 0.465 e. The Morgan fingerprint density at radius 1 is 1.27 bits per heavy atom. The molecule has 22 heavy (non-hydrogen) atoms. The lowest BCUT2D eigenvalue weighted by Crippen LogP contribution is -2.11. The minimum Gasteiger partial charge on any atom is -0.465 e. The first kappa shape index (κ1) is 15.9. The van der Waals surface area contributed by atoms with Gasteiger partial charge in [-0.05, 0) is 36.4 Å². The van der Waals surface area contributed by atoms with Crippen molar-refractivity contribution in [2.45, 2.75) is 13.3 Å². The first-order chi connectivity index (χ1) is 10.6. The van der Waals surface area contributed by atoms with Crippen molar-refractivity contribution < 1.29 is 14.0 Å². The lowest BCUT2D eigenvalue weighted by atomic mass is 10.2. The van der Waals surface area contributed by atoms with E-state index in [1.807, 2.05) is 0 Å². The number of carbonyl (C=O) groups is 2. The van der Waals surface area contributed by atoms with Gasteiger partial charge in [0.05, 0.1) is 17.0 Å². The van der Waals surface area contributed by atoms with Gasteiger partial charge >= 0.3 is 0 Å². The number of rotatable bonds is 5. The highest BCUT2D eigenvalue weighted by molar-refractivity contribution is 6.34. The van der Waals surface area contributed by atoms with Crippen LogP contribution in [0.3, 0.4) is 0 Å². The van der Waals surface area contributed by atoms with Gasteiger partial charge in [0.25, 0.3) is 0 Å². The maximum atomic E-state index is 11.9. The van der Waals surface area contributed by atoms with E-state index in [1.165, 1.54) is 12.3 Å². The average molecular weight is 319 g/mol. The second-order valence-corrected chi connectivity index (χ2v) is 4.84. The van der Waals surface area contributed by atoms with E-state index in [0.717, 1.165) is 0 Å². The molecule has 0 aliphatic rings. The highest BCUT2D eigenvalue weighted by atomic mass is 35.5. The molecule has 2 N–H and O–H groups in total. The number of amides is 2. The molecule has 114 valence electrons. The molecule has 0 aliphatic carbocycles. The molecular formula is C16H15ClN2O3. The molecule has 1 aromatic heterocycles. The fourth-order valence-electron chi connectivity index (χ4n) is 1.67. The third-order valence-corrected chi connectivity index (χ3v) is 3.10. The topological polar surface area (TPSA) is 71.3 Å². The molecule has 0 bridgehead atoms. The highest BCUT2D eigenvalue weighted by Gasteiger charge is 2.06. The standard InChI is InChI=1S/C16H15ClN2O3/c1-2-15(20)18-11-5-7-13(17)14(10-11)19-16(21)8-6-12-4-3-9-22-12/h3-10H,2H2,1H3,(H,18,20)(H,19,21)/b8-6+. The van der Waals surface area contributed by atoms with E-state index in [1.54, 1.807) is 43.3 Å². The van der Waals surface area contributed by atoms with Crippen LogP contribution in [0.2, 0.25) is 5.02 Å². The summed E-state index contributed by atoms with van der Waals surface area (Å²) in [6.45, 7) is 1.76. The average Bonchev–Trinajstić information content (AvgIpc) is 3.02. The van der Waals surface area contributed by atoms with Crippen molar-refractivity contribution in [3.05, 3.63) is 53.5 Å². The smallest absolute Gasteiger partial charge is 0.248 e. The molecule has 0 saturated heterocycles. The minimum absolute atomic E-state index is 0.114. The van der Waals surface area contributed by atoms with Crippen molar-refractivity contribution >= 4 is 40.9 Å². The highest BCUT2D eigenvalue weighted by Crippen LogP contribution is 2.25. The number of halogens is 1. The van der Waals surface area contributed by atoms with Crippen LogP contribution in [0.4, 0.5) is 11.4 Å². The third-order valence-electron chi connectivity index (χ3n) is 2.77. The van der Waals surface area contributed by atoms with Gasteiger partial charge in [-0.2, -0.15) is 0 Å². The summed E-state index contributed by atoms with van der Waals surface area (Å²) < 4.78 is 5.09. The van der Waals surface area contributed by atoms with Crippen LogP contribution in [0, 0.1) is 0 Å². The second-order valence-electron chi connectivity index (χ2n) is 4.43. The Morgan fingerprint density at radius 2 is 2.09 bits per heavy atom. The van der Waals surface area contributed by atoms with Crippen LogP contribution in [-0.2, 0) is 9.59 Å². The number of hydrogen-bond donors (Lipinski definition) is 2. The van der Waals surface area contributed by atoms with Crippen LogP contribution < -0.4 is 10.6 Å². The van der Waals surface area contributed by atoms with Crippen LogP contribution in [0.25, 0.3) is 6.08 Å². The van der Waals surface area contributed by atoms with Gasteiger partial charge in [-0.25, -0.2) is 0 Å². The molecule has 0 spiro atoms. The second kappa shape index (κ2) is 7.47. The zero-order valence-electron chi connectivity index (χ0n) is 11.9. The van der Waals surface area contributed by atoms with Gasteiger partial charge in [0.2, 0.25) is 11.8 Å². The van der Waals surface area contributed by atoms with Crippen molar-refractivity contribution in [1.82, 2.24) is 0 Å². The lowest BCUT2D eigenvalue weighted by Gasteiger charge is -2.09. The molecule has 6 heteroatoms. The first-order valence-electron chi connectivity index (χ1n) is 6.70. The van der Waals surface area contributed by atoms with Gasteiger partial charge in [0.1, 0.15) is 5.76 Å². The number of nitrogens with one attached hydrogen (secondary N) is 2. The molecule has 0 fully saturated rings. The van der Waals surface area contributed by atoms with Gasteiger partial charge in [-0.3, -0.25) is 9.59 Å². The predicted octanol–water partition coefficient (Wildman–Crippen LogP) is 3.93. The minimum atomic E-state index is -0.350. The fourth-order valence-corrected chi connectivity index (χ4v) is 1.83. The molecule has 0 unspecified atom stereocenters. The zero-order chi connectivity index (χ0) is 15.9. The zero-order valence-corrected chi connectivity index (χ0v) is 12.7. The van der Waals surface area contributed by atoms with E-state index in [9.17, 15) is 9.59 Å². The molecule has 0 radical (unpaired) electrons. The number of benzene rings is 1. The molecule has 1 aromatic carbocycles. The summed E-state index contributed by atoms with van der Waals surface area (Å²) in [5, 5.41) is 5.74. The van der Waals surface area contributed by atoms with Crippen molar-refractivity contribution in [3.63, 3.8) is 0 Å². The summed E-state index contributed by atoms with van der Waals surface area (Å²) >= 11 is 6.04. The van der Waals surface area contributed by atoms with Crippen LogP contribution in [0.15, 0.2) is 47.1 Å². The Balaban J connectivity index is 2.06. The van der Waals surface area contributed by atoms with E-state index in [4.69, 9.17) is 16.0 Å². The fraction of sp³-hybridized carbons (Fsp3) is 0.125. The van der Waals surface area contributed by atoms with Crippen LogP contribution in [0.5, 0.6) is 0 Å². The Morgan fingerprint density at radius 3 is 2.77 bits per heavy atom. The summed E-state index contributed by atoms with van der Waals surface area (Å²) in [6.07, 6.45) is 4.78. The van der Waals surface area contributed by atoms with Crippen molar-refractivity contribution in [3.8, 4) is 0 Å². The van der Waals surface area contributed by atoms with E-state index < -0.39 is 0 Å². The number of hydrogen-bond acceptors (Lipinski definition) is 3. The normalized spacial score (nSPS) is 10.6. The Bertz CT molecular complexity index is 693. The predicted molar refractivity (Wildman–Crippen MR) is 86.7 cm³/mol. The van der Waals surface area contributed by atoms with Crippen molar-refractivity contribution in [2.24, 2.45) is 0 Å². The molecule has 0 atom stereocenters. The van der Waals surface area contributed by atoms with Crippen molar-refractivity contribution in [1.29, 1.82) is 0 Å². The van der Waals surface area contributed by atoms with E-state index in [0.29, 0.717) is 28.6 Å². The SMILES string of the molecule is CCC(=O)Nc1ccc(Cl)c(NC(=O)/C=C/c2ccco2)c1. The van der Waals surface area contributed by atoms with Crippen LogP contribution >= 0.6 is 11.6 Å². The number of carbonyl (C=O) groups excluding carboxylic acids is 2. The lowest BCUT2D eigenvalue weighted by molar-refractivity contribution is -0.116. The summed E-state index contributed by atoms with van der Waals surface area (Å²) in [7, 11) is 0.